The zero-order valence-corrected chi connectivity index (χ0v) is 12.4. The molecular formula is C17H22N2O2. The van der Waals surface area contributed by atoms with Gasteiger partial charge in [-0.3, -0.25) is 14.9 Å². The molecule has 0 aromatic heterocycles. The molecule has 0 aliphatic carbocycles. The summed E-state index contributed by atoms with van der Waals surface area (Å²) in [6, 6.07) is 8.21. The van der Waals surface area contributed by atoms with Crippen LogP contribution in [0.15, 0.2) is 24.3 Å². The highest BCUT2D eigenvalue weighted by Gasteiger charge is 2.49. The van der Waals surface area contributed by atoms with Crippen molar-refractivity contribution in [3.63, 3.8) is 0 Å². The molecule has 4 heteroatoms. The van der Waals surface area contributed by atoms with Crippen LogP contribution in [0.1, 0.15) is 36.8 Å². The summed E-state index contributed by atoms with van der Waals surface area (Å²) in [5.74, 6) is 0.0575. The van der Waals surface area contributed by atoms with Crippen LogP contribution < -0.4 is 10.6 Å². The zero-order valence-electron chi connectivity index (χ0n) is 12.4. The third kappa shape index (κ3) is 2.48. The van der Waals surface area contributed by atoms with Gasteiger partial charge in [-0.25, -0.2) is 0 Å². The molecule has 2 saturated heterocycles. The summed E-state index contributed by atoms with van der Waals surface area (Å²) in [5, 5.41) is 5.95. The fourth-order valence-corrected chi connectivity index (χ4v) is 3.86. The Morgan fingerprint density at radius 1 is 1.19 bits per heavy atom. The Balaban J connectivity index is 2.05. The van der Waals surface area contributed by atoms with Crippen LogP contribution in [0.4, 0.5) is 0 Å². The Morgan fingerprint density at radius 2 is 1.95 bits per heavy atom. The van der Waals surface area contributed by atoms with E-state index in [1.165, 1.54) is 0 Å². The summed E-state index contributed by atoms with van der Waals surface area (Å²) in [6.07, 6.45) is 3.03. The topological polar surface area (TPSA) is 58.2 Å². The SMILES string of the molecule is Cc1cccc([C@@]2(C3CCNCC3)CCC(=O)NC2=O)c1. The summed E-state index contributed by atoms with van der Waals surface area (Å²) in [6.45, 7) is 3.93. The minimum absolute atomic E-state index is 0.101. The van der Waals surface area contributed by atoms with Crippen LogP contribution in [-0.4, -0.2) is 24.9 Å². The van der Waals surface area contributed by atoms with E-state index in [1.54, 1.807) is 0 Å². The van der Waals surface area contributed by atoms with E-state index < -0.39 is 5.41 Å². The molecule has 2 amide bonds. The van der Waals surface area contributed by atoms with Gasteiger partial charge in [0, 0.05) is 6.42 Å². The second-order valence-electron chi connectivity index (χ2n) is 6.24. The molecule has 1 aromatic carbocycles. The van der Waals surface area contributed by atoms with Gasteiger partial charge >= 0.3 is 0 Å². The summed E-state index contributed by atoms with van der Waals surface area (Å²) in [7, 11) is 0. The van der Waals surface area contributed by atoms with Crippen LogP contribution >= 0.6 is 0 Å². The fourth-order valence-electron chi connectivity index (χ4n) is 3.86. The highest BCUT2D eigenvalue weighted by molar-refractivity contribution is 6.03. The number of rotatable bonds is 2. The molecule has 4 nitrogen and oxygen atoms in total. The molecule has 2 heterocycles. The first-order valence-electron chi connectivity index (χ1n) is 7.75. The van der Waals surface area contributed by atoms with E-state index in [4.69, 9.17) is 0 Å². The maximum Gasteiger partial charge on any atom is 0.237 e. The van der Waals surface area contributed by atoms with Gasteiger partial charge in [-0.05, 0) is 50.8 Å². The first kappa shape index (κ1) is 14.3. The van der Waals surface area contributed by atoms with Crippen molar-refractivity contribution in [2.75, 3.05) is 13.1 Å². The Morgan fingerprint density at radius 3 is 2.62 bits per heavy atom. The van der Waals surface area contributed by atoms with Gasteiger partial charge in [-0.15, -0.1) is 0 Å². The number of piperidine rings is 2. The molecule has 1 aromatic rings. The van der Waals surface area contributed by atoms with Gasteiger partial charge in [0.2, 0.25) is 11.8 Å². The quantitative estimate of drug-likeness (QED) is 0.813. The van der Waals surface area contributed by atoms with E-state index in [2.05, 4.69) is 16.7 Å². The smallest absolute Gasteiger partial charge is 0.237 e. The zero-order chi connectivity index (χ0) is 14.9. The van der Waals surface area contributed by atoms with E-state index in [1.807, 2.05) is 25.1 Å². The highest BCUT2D eigenvalue weighted by atomic mass is 16.2. The van der Waals surface area contributed by atoms with Crippen molar-refractivity contribution >= 4 is 11.8 Å². The number of aryl methyl sites for hydroxylation is 1. The molecule has 0 saturated carbocycles. The number of hydrogen-bond acceptors (Lipinski definition) is 3. The summed E-state index contributed by atoms with van der Waals surface area (Å²) in [4.78, 5) is 24.4. The molecule has 0 unspecified atom stereocenters. The van der Waals surface area contributed by atoms with E-state index in [9.17, 15) is 9.59 Å². The first-order chi connectivity index (χ1) is 10.1. The van der Waals surface area contributed by atoms with E-state index in [0.717, 1.165) is 37.1 Å². The van der Waals surface area contributed by atoms with Crippen LogP contribution in [0.25, 0.3) is 0 Å². The van der Waals surface area contributed by atoms with Crippen LogP contribution in [0.3, 0.4) is 0 Å². The maximum absolute atomic E-state index is 12.8. The first-order valence-corrected chi connectivity index (χ1v) is 7.75. The van der Waals surface area contributed by atoms with E-state index >= 15 is 0 Å². The van der Waals surface area contributed by atoms with Gasteiger partial charge in [-0.2, -0.15) is 0 Å². The number of nitrogens with one attached hydrogen (secondary N) is 2. The summed E-state index contributed by atoms with van der Waals surface area (Å²) in [5.41, 5.74) is 1.69. The van der Waals surface area contributed by atoms with Gasteiger partial charge in [0.15, 0.2) is 0 Å². The number of carbonyl (C=O) groups excluding carboxylic acids is 2. The molecule has 112 valence electrons. The average Bonchev–Trinajstić information content (AvgIpc) is 2.49. The fraction of sp³-hybridized carbons (Fsp3) is 0.529. The second kappa shape index (κ2) is 5.60. The largest absolute Gasteiger partial charge is 0.317 e. The van der Waals surface area contributed by atoms with Crippen molar-refractivity contribution in [3.05, 3.63) is 35.4 Å². The molecule has 0 radical (unpaired) electrons. The number of imide groups is 1. The molecule has 2 fully saturated rings. The lowest BCUT2D eigenvalue weighted by Crippen LogP contribution is -2.57. The number of amides is 2. The minimum Gasteiger partial charge on any atom is -0.317 e. The van der Waals surface area contributed by atoms with Crippen LogP contribution in [-0.2, 0) is 15.0 Å². The number of benzene rings is 1. The van der Waals surface area contributed by atoms with Crippen molar-refractivity contribution in [3.8, 4) is 0 Å². The molecule has 1 atom stereocenters. The van der Waals surface area contributed by atoms with Gasteiger partial charge in [0.25, 0.3) is 0 Å². The summed E-state index contributed by atoms with van der Waals surface area (Å²) >= 11 is 0. The lowest BCUT2D eigenvalue weighted by atomic mass is 9.62. The molecule has 21 heavy (non-hydrogen) atoms. The highest BCUT2D eigenvalue weighted by Crippen LogP contribution is 2.43. The third-order valence-electron chi connectivity index (χ3n) is 4.97. The standard InChI is InChI=1S/C17H22N2O2/c1-12-3-2-4-14(11-12)17(13-6-9-18-10-7-13)8-5-15(20)19-16(17)21/h2-4,11,13,18H,5-10H2,1H3,(H,19,20,21)/t17-/m0/s1. The Labute approximate surface area is 125 Å². The lowest BCUT2D eigenvalue weighted by molar-refractivity contribution is -0.140. The van der Waals surface area contributed by atoms with Crippen molar-refractivity contribution in [2.45, 2.75) is 38.0 Å². The van der Waals surface area contributed by atoms with Crippen LogP contribution in [0.2, 0.25) is 0 Å². The minimum atomic E-state index is -0.540. The lowest BCUT2D eigenvalue weighted by Gasteiger charge is -2.44. The monoisotopic (exact) mass is 286 g/mol. The predicted octanol–water partition coefficient (Wildman–Crippen LogP) is 1.67. The number of hydrogen-bond donors (Lipinski definition) is 2. The Kier molecular flexibility index (Phi) is 3.81. The predicted molar refractivity (Wildman–Crippen MR) is 80.8 cm³/mol. The third-order valence-corrected chi connectivity index (χ3v) is 4.97. The molecule has 2 aliphatic rings. The average molecular weight is 286 g/mol. The molecule has 0 spiro atoms. The van der Waals surface area contributed by atoms with E-state index in [-0.39, 0.29) is 11.8 Å². The molecule has 2 aliphatic heterocycles. The van der Waals surface area contributed by atoms with E-state index in [0.29, 0.717) is 18.8 Å². The van der Waals surface area contributed by atoms with Gasteiger partial charge in [-0.1, -0.05) is 29.8 Å². The Hall–Kier alpha value is -1.68. The normalized spacial score (nSPS) is 27.5. The van der Waals surface area contributed by atoms with Crippen molar-refractivity contribution < 1.29 is 9.59 Å². The van der Waals surface area contributed by atoms with Crippen molar-refractivity contribution in [1.82, 2.24) is 10.6 Å². The van der Waals surface area contributed by atoms with Gasteiger partial charge < -0.3 is 5.32 Å². The van der Waals surface area contributed by atoms with Crippen LogP contribution in [0.5, 0.6) is 0 Å². The van der Waals surface area contributed by atoms with Crippen LogP contribution in [0, 0.1) is 12.8 Å². The molecular weight excluding hydrogens is 264 g/mol. The molecule has 0 bridgehead atoms. The molecule has 3 rings (SSSR count). The Bertz CT molecular complexity index is 564. The summed E-state index contributed by atoms with van der Waals surface area (Å²) < 4.78 is 0. The second-order valence-corrected chi connectivity index (χ2v) is 6.24. The molecule has 2 N–H and O–H groups in total. The van der Waals surface area contributed by atoms with Crippen molar-refractivity contribution in [1.29, 1.82) is 0 Å². The van der Waals surface area contributed by atoms with Crippen molar-refractivity contribution in [2.24, 2.45) is 5.92 Å². The maximum atomic E-state index is 12.8. The van der Waals surface area contributed by atoms with Gasteiger partial charge in [0.1, 0.15) is 0 Å². The number of carbonyl (C=O) groups is 2. The van der Waals surface area contributed by atoms with Gasteiger partial charge in [0.05, 0.1) is 5.41 Å².